The number of aromatic nitrogens is 4. The van der Waals surface area contributed by atoms with Crippen molar-refractivity contribution in [2.24, 2.45) is 5.73 Å². The molecule has 0 radical (unpaired) electrons. The number of carboxylic acid groups (broad SMARTS) is 1. The SMILES string of the molecule is CC(=O)O.NCc1ccc2sc(-c3cc(Nc4ccnc(N)n4)cc4cn[nH]c34)cc2c1. The number of rotatable bonds is 4. The van der Waals surface area contributed by atoms with Crippen LogP contribution in [0.25, 0.3) is 31.4 Å². The van der Waals surface area contributed by atoms with E-state index in [0.717, 1.165) is 39.5 Å². The van der Waals surface area contributed by atoms with Crippen LogP contribution in [0.5, 0.6) is 0 Å². The molecule has 32 heavy (non-hydrogen) atoms. The van der Waals surface area contributed by atoms with Crippen LogP contribution in [-0.4, -0.2) is 31.2 Å². The van der Waals surface area contributed by atoms with E-state index in [-0.39, 0.29) is 5.95 Å². The maximum atomic E-state index is 9.00. The molecule has 0 saturated carbocycles. The summed E-state index contributed by atoms with van der Waals surface area (Å²) < 4.78 is 1.22. The smallest absolute Gasteiger partial charge is 0.300 e. The average molecular weight is 448 g/mol. The topological polar surface area (TPSA) is 156 Å². The molecule has 162 valence electrons. The molecule has 0 spiro atoms. The van der Waals surface area contributed by atoms with Gasteiger partial charge in [-0.15, -0.1) is 11.3 Å². The predicted octanol–water partition coefficient (Wildman–Crippen LogP) is 4.11. The Kier molecular flexibility index (Phi) is 5.97. The summed E-state index contributed by atoms with van der Waals surface area (Å²) in [7, 11) is 0. The molecular formula is C22H21N7O2S. The molecule has 5 aromatic rings. The van der Waals surface area contributed by atoms with Crippen LogP contribution < -0.4 is 16.8 Å². The van der Waals surface area contributed by atoms with Gasteiger partial charge in [-0.1, -0.05) is 6.07 Å². The summed E-state index contributed by atoms with van der Waals surface area (Å²) in [6, 6.07) is 14.4. The van der Waals surface area contributed by atoms with Crippen molar-refractivity contribution in [2.45, 2.75) is 13.5 Å². The third-order valence-electron chi connectivity index (χ3n) is 4.58. The Morgan fingerprint density at radius 2 is 2.00 bits per heavy atom. The summed E-state index contributed by atoms with van der Waals surface area (Å²) in [5, 5.41) is 20.3. The minimum Gasteiger partial charge on any atom is -0.481 e. The minimum absolute atomic E-state index is 0.231. The summed E-state index contributed by atoms with van der Waals surface area (Å²) in [6.07, 6.45) is 3.45. The second-order valence-electron chi connectivity index (χ2n) is 6.99. The van der Waals surface area contributed by atoms with Crippen molar-refractivity contribution in [1.82, 2.24) is 20.2 Å². The molecule has 9 nitrogen and oxygen atoms in total. The first-order valence-corrected chi connectivity index (χ1v) is 10.5. The lowest BCUT2D eigenvalue weighted by molar-refractivity contribution is -0.134. The molecule has 0 bridgehead atoms. The quantitative estimate of drug-likeness (QED) is 0.275. The highest BCUT2D eigenvalue weighted by Crippen LogP contribution is 2.38. The number of nitrogens with zero attached hydrogens (tertiary/aromatic N) is 3. The molecule has 3 aromatic heterocycles. The fourth-order valence-corrected chi connectivity index (χ4v) is 4.33. The van der Waals surface area contributed by atoms with Crippen LogP contribution in [0.1, 0.15) is 12.5 Å². The number of thiophene rings is 1. The average Bonchev–Trinajstić information content (AvgIpc) is 3.39. The molecule has 2 aromatic carbocycles. The first kappa shape index (κ1) is 21.2. The highest BCUT2D eigenvalue weighted by molar-refractivity contribution is 7.22. The van der Waals surface area contributed by atoms with Gasteiger partial charge in [-0.2, -0.15) is 10.1 Å². The largest absolute Gasteiger partial charge is 0.481 e. The number of hydrogen-bond donors (Lipinski definition) is 5. The Labute approximate surface area is 187 Å². The van der Waals surface area contributed by atoms with E-state index in [0.29, 0.717) is 12.4 Å². The van der Waals surface area contributed by atoms with Crippen LogP contribution in [0.3, 0.4) is 0 Å². The molecule has 0 aliphatic rings. The fourth-order valence-electron chi connectivity index (χ4n) is 3.27. The molecule has 0 aliphatic heterocycles. The van der Waals surface area contributed by atoms with Crippen molar-refractivity contribution in [1.29, 1.82) is 0 Å². The molecule has 0 unspecified atom stereocenters. The summed E-state index contributed by atoms with van der Waals surface area (Å²) in [5.41, 5.74) is 15.6. The molecule has 0 aliphatic carbocycles. The van der Waals surface area contributed by atoms with Crippen LogP contribution in [0.2, 0.25) is 0 Å². The van der Waals surface area contributed by atoms with Crippen molar-refractivity contribution < 1.29 is 9.90 Å². The van der Waals surface area contributed by atoms with Gasteiger partial charge in [-0.25, -0.2) is 4.98 Å². The number of H-pyrrole nitrogens is 1. The van der Waals surface area contributed by atoms with Gasteiger partial charge in [0, 0.05) is 45.9 Å². The first-order chi connectivity index (χ1) is 15.4. The molecule has 10 heteroatoms. The molecule has 0 saturated heterocycles. The molecule has 3 heterocycles. The van der Waals surface area contributed by atoms with Gasteiger partial charge in [0.2, 0.25) is 5.95 Å². The van der Waals surface area contributed by atoms with Gasteiger partial charge in [0.15, 0.2) is 0 Å². The molecule has 5 rings (SSSR count). The van der Waals surface area contributed by atoms with Crippen LogP contribution >= 0.6 is 11.3 Å². The van der Waals surface area contributed by atoms with E-state index in [4.69, 9.17) is 21.4 Å². The standard InChI is InChI=1S/C20H17N7S.C2H4O2/c21-9-11-1-2-16-12(5-11)7-17(28-16)15-8-14(6-13-10-24-27-19(13)15)25-18-3-4-23-20(22)26-18;1-2(3)4/h1-8,10H,9,21H2,(H,24,27)(H3,22,23,25,26);1H3,(H,3,4). The van der Waals surface area contributed by atoms with Crippen LogP contribution in [0.4, 0.5) is 17.5 Å². The number of aromatic amines is 1. The number of benzene rings is 2. The van der Waals surface area contributed by atoms with Crippen molar-refractivity contribution >= 4 is 55.7 Å². The van der Waals surface area contributed by atoms with Gasteiger partial charge in [0.05, 0.1) is 11.7 Å². The van der Waals surface area contributed by atoms with E-state index in [1.807, 2.05) is 12.3 Å². The number of nitrogens with two attached hydrogens (primary N) is 2. The zero-order valence-corrected chi connectivity index (χ0v) is 18.0. The van der Waals surface area contributed by atoms with Crippen molar-refractivity contribution in [2.75, 3.05) is 11.1 Å². The number of carbonyl (C=O) groups is 1. The first-order valence-electron chi connectivity index (χ1n) is 9.68. The number of nitrogens with one attached hydrogen (secondary N) is 2. The predicted molar refractivity (Wildman–Crippen MR) is 128 cm³/mol. The number of aliphatic carboxylic acids is 1. The summed E-state index contributed by atoms with van der Waals surface area (Å²) in [4.78, 5) is 18.3. The summed E-state index contributed by atoms with van der Waals surface area (Å²) in [6.45, 7) is 1.62. The second kappa shape index (κ2) is 9.00. The van der Waals surface area contributed by atoms with Gasteiger partial charge in [0.25, 0.3) is 5.97 Å². The minimum atomic E-state index is -0.833. The van der Waals surface area contributed by atoms with Crippen molar-refractivity contribution in [3.8, 4) is 10.4 Å². The second-order valence-corrected chi connectivity index (χ2v) is 8.07. The molecular weight excluding hydrogens is 426 g/mol. The summed E-state index contributed by atoms with van der Waals surface area (Å²) in [5.74, 6) is 0.0417. The third kappa shape index (κ3) is 4.66. The normalized spacial score (nSPS) is 10.7. The zero-order chi connectivity index (χ0) is 22.7. The Balaban J connectivity index is 0.000000567. The molecule has 7 N–H and O–H groups in total. The zero-order valence-electron chi connectivity index (χ0n) is 17.2. The van der Waals surface area contributed by atoms with Gasteiger partial charge in [-0.05, 0) is 47.3 Å². The van der Waals surface area contributed by atoms with Crippen LogP contribution in [-0.2, 0) is 11.3 Å². The molecule has 0 fully saturated rings. The van der Waals surface area contributed by atoms with Gasteiger partial charge < -0.3 is 21.9 Å². The molecule has 0 atom stereocenters. The lowest BCUT2D eigenvalue weighted by atomic mass is 10.1. The fraction of sp³-hybridized carbons (Fsp3) is 0.0909. The van der Waals surface area contributed by atoms with Crippen LogP contribution in [0, 0.1) is 0 Å². The number of fused-ring (bicyclic) bond motifs is 2. The Morgan fingerprint density at radius 1 is 1.19 bits per heavy atom. The van der Waals surface area contributed by atoms with E-state index in [1.165, 1.54) is 10.1 Å². The van der Waals surface area contributed by atoms with Crippen molar-refractivity contribution in [3.05, 3.63) is 60.4 Å². The number of anilines is 3. The maximum absolute atomic E-state index is 9.00. The van der Waals surface area contributed by atoms with Crippen LogP contribution in [0.15, 0.2) is 54.9 Å². The number of carboxylic acids is 1. The highest BCUT2D eigenvalue weighted by atomic mass is 32.1. The van der Waals surface area contributed by atoms with Gasteiger partial charge in [-0.3, -0.25) is 9.89 Å². The summed E-state index contributed by atoms with van der Waals surface area (Å²) >= 11 is 1.74. The van der Waals surface area contributed by atoms with E-state index >= 15 is 0 Å². The van der Waals surface area contributed by atoms with E-state index < -0.39 is 5.97 Å². The Bertz CT molecular complexity index is 1410. The lowest BCUT2D eigenvalue weighted by Gasteiger charge is -2.08. The number of hydrogen-bond acceptors (Lipinski definition) is 8. The van der Waals surface area contributed by atoms with Gasteiger partial charge in [0.1, 0.15) is 5.82 Å². The van der Waals surface area contributed by atoms with Gasteiger partial charge >= 0.3 is 0 Å². The van der Waals surface area contributed by atoms with E-state index in [2.05, 4.69) is 55.8 Å². The maximum Gasteiger partial charge on any atom is 0.300 e. The lowest BCUT2D eigenvalue weighted by Crippen LogP contribution is -1.99. The number of nitrogen functional groups attached to an aromatic ring is 1. The monoisotopic (exact) mass is 447 g/mol. The highest BCUT2D eigenvalue weighted by Gasteiger charge is 2.12. The Morgan fingerprint density at radius 3 is 2.75 bits per heavy atom. The van der Waals surface area contributed by atoms with Crippen molar-refractivity contribution in [3.63, 3.8) is 0 Å². The van der Waals surface area contributed by atoms with E-state index in [1.54, 1.807) is 23.6 Å². The molecule has 0 amide bonds. The third-order valence-corrected chi connectivity index (χ3v) is 5.73. The van der Waals surface area contributed by atoms with E-state index in [9.17, 15) is 0 Å². The Hall–Kier alpha value is -4.02.